The second-order valence-corrected chi connectivity index (χ2v) is 4.65. The summed E-state index contributed by atoms with van der Waals surface area (Å²) >= 11 is 0. The van der Waals surface area contributed by atoms with Crippen molar-refractivity contribution in [1.82, 2.24) is 10.3 Å². The van der Waals surface area contributed by atoms with Crippen molar-refractivity contribution in [2.45, 2.75) is 19.4 Å². The molecule has 1 aliphatic rings. The van der Waals surface area contributed by atoms with Crippen LogP contribution in [0.25, 0.3) is 0 Å². The molecule has 4 nitrogen and oxygen atoms in total. The lowest BCUT2D eigenvalue weighted by Crippen LogP contribution is -2.58. The number of hydrogen-bond acceptors (Lipinski definition) is 4. The number of aromatic nitrogens is 1. The molecule has 16 heavy (non-hydrogen) atoms. The van der Waals surface area contributed by atoms with Gasteiger partial charge in [-0.25, -0.2) is 4.98 Å². The van der Waals surface area contributed by atoms with Crippen LogP contribution in [0.3, 0.4) is 0 Å². The molecule has 2 heterocycles. The minimum atomic E-state index is 0.0914. The Kier molecular flexibility index (Phi) is 2.80. The Morgan fingerprint density at radius 3 is 2.88 bits per heavy atom. The highest BCUT2D eigenvalue weighted by atomic mass is 15.3. The van der Waals surface area contributed by atoms with Gasteiger partial charge >= 0.3 is 0 Å². The van der Waals surface area contributed by atoms with Gasteiger partial charge in [-0.1, -0.05) is 0 Å². The van der Waals surface area contributed by atoms with E-state index in [4.69, 9.17) is 5.26 Å². The zero-order valence-electron chi connectivity index (χ0n) is 9.70. The van der Waals surface area contributed by atoms with Crippen molar-refractivity contribution in [3.63, 3.8) is 0 Å². The van der Waals surface area contributed by atoms with E-state index in [0.717, 1.165) is 25.3 Å². The first-order valence-electron chi connectivity index (χ1n) is 5.48. The van der Waals surface area contributed by atoms with Crippen LogP contribution in [0.5, 0.6) is 0 Å². The lowest BCUT2D eigenvalue weighted by molar-refractivity contribution is 0.380. The molecule has 0 aromatic carbocycles. The van der Waals surface area contributed by atoms with Gasteiger partial charge in [-0.3, -0.25) is 0 Å². The van der Waals surface area contributed by atoms with E-state index in [1.165, 1.54) is 0 Å². The normalized spacial score (nSPS) is 19.2. The van der Waals surface area contributed by atoms with E-state index >= 15 is 0 Å². The zero-order valence-corrected chi connectivity index (χ0v) is 9.70. The van der Waals surface area contributed by atoms with E-state index in [0.29, 0.717) is 5.69 Å². The first kappa shape index (κ1) is 10.9. The van der Waals surface area contributed by atoms with Gasteiger partial charge in [0, 0.05) is 25.2 Å². The minimum absolute atomic E-state index is 0.0914. The van der Waals surface area contributed by atoms with Crippen molar-refractivity contribution in [2.75, 3.05) is 24.5 Å². The second kappa shape index (κ2) is 4.11. The van der Waals surface area contributed by atoms with Crippen molar-refractivity contribution in [3.8, 4) is 6.07 Å². The van der Waals surface area contributed by atoms with Crippen LogP contribution < -0.4 is 10.2 Å². The minimum Gasteiger partial charge on any atom is -0.363 e. The summed E-state index contributed by atoms with van der Waals surface area (Å²) in [6, 6.07) is 5.78. The van der Waals surface area contributed by atoms with Crippen molar-refractivity contribution in [1.29, 1.82) is 5.26 Å². The number of nitrogens with zero attached hydrogens (tertiary/aromatic N) is 3. The molecule has 1 saturated heterocycles. The molecule has 0 bridgehead atoms. The van der Waals surface area contributed by atoms with Crippen molar-refractivity contribution in [2.24, 2.45) is 0 Å². The summed E-state index contributed by atoms with van der Waals surface area (Å²) in [7, 11) is 0. The number of pyridine rings is 1. The van der Waals surface area contributed by atoms with Gasteiger partial charge in [0.1, 0.15) is 11.8 Å². The van der Waals surface area contributed by atoms with Gasteiger partial charge in [0.2, 0.25) is 0 Å². The number of anilines is 1. The third-order valence-electron chi connectivity index (χ3n) is 2.97. The highest BCUT2D eigenvalue weighted by Crippen LogP contribution is 2.24. The molecule has 0 radical (unpaired) electrons. The smallest absolute Gasteiger partial charge is 0.140 e. The lowest BCUT2D eigenvalue weighted by atomic mass is 9.99. The quantitative estimate of drug-likeness (QED) is 0.765. The molecule has 0 atom stereocenters. The van der Waals surface area contributed by atoms with Crippen LogP contribution in [0, 0.1) is 11.3 Å². The zero-order chi connectivity index (χ0) is 11.6. The van der Waals surface area contributed by atoms with Gasteiger partial charge in [0.25, 0.3) is 0 Å². The molecule has 1 fully saturated rings. The predicted molar refractivity (Wildman–Crippen MR) is 63.2 cm³/mol. The summed E-state index contributed by atoms with van der Waals surface area (Å²) in [5.74, 6) is 0. The Morgan fingerprint density at radius 1 is 1.50 bits per heavy atom. The molecule has 1 N–H and O–H groups in total. The number of rotatable bonds is 1. The van der Waals surface area contributed by atoms with Crippen LogP contribution in [0.15, 0.2) is 18.3 Å². The van der Waals surface area contributed by atoms with E-state index in [9.17, 15) is 0 Å². The summed E-state index contributed by atoms with van der Waals surface area (Å²) in [5.41, 5.74) is 1.65. The van der Waals surface area contributed by atoms with Gasteiger partial charge in [-0.2, -0.15) is 5.26 Å². The average Bonchev–Trinajstić information content (AvgIpc) is 2.29. The van der Waals surface area contributed by atoms with Gasteiger partial charge in [0.15, 0.2) is 0 Å². The van der Waals surface area contributed by atoms with Gasteiger partial charge in [-0.15, -0.1) is 0 Å². The molecule has 2 rings (SSSR count). The highest BCUT2D eigenvalue weighted by Gasteiger charge is 2.29. The standard InChI is InChI=1S/C12H16N4/c1-12(2)9-14-5-6-16(12)11-4-3-10(7-13)15-8-11/h3-4,8,14H,5-6,9H2,1-2H3. The maximum Gasteiger partial charge on any atom is 0.140 e. The van der Waals surface area contributed by atoms with Gasteiger partial charge < -0.3 is 10.2 Å². The maximum atomic E-state index is 8.71. The van der Waals surface area contributed by atoms with Crippen LogP contribution in [-0.4, -0.2) is 30.2 Å². The van der Waals surface area contributed by atoms with Crippen LogP contribution in [-0.2, 0) is 0 Å². The highest BCUT2D eigenvalue weighted by molar-refractivity contribution is 5.49. The van der Waals surface area contributed by atoms with Crippen LogP contribution in [0.2, 0.25) is 0 Å². The third-order valence-corrected chi connectivity index (χ3v) is 2.97. The van der Waals surface area contributed by atoms with E-state index in [1.54, 1.807) is 12.3 Å². The topological polar surface area (TPSA) is 52.0 Å². The average molecular weight is 216 g/mol. The molecule has 0 amide bonds. The molecule has 4 heteroatoms. The second-order valence-electron chi connectivity index (χ2n) is 4.65. The first-order valence-corrected chi connectivity index (χ1v) is 5.48. The fourth-order valence-electron chi connectivity index (χ4n) is 2.07. The third kappa shape index (κ3) is 2.00. The Hall–Kier alpha value is -1.60. The van der Waals surface area contributed by atoms with E-state index < -0.39 is 0 Å². The van der Waals surface area contributed by atoms with Crippen LogP contribution >= 0.6 is 0 Å². The number of nitriles is 1. The van der Waals surface area contributed by atoms with Crippen LogP contribution in [0.1, 0.15) is 19.5 Å². The molecular formula is C12H16N4. The van der Waals surface area contributed by atoms with E-state index in [-0.39, 0.29) is 5.54 Å². The van der Waals surface area contributed by atoms with Crippen LogP contribution in [0.4, 0.5) is 5.69 Å². The predicted octanol–water partition coefficient (Wildman–Crippen LogP) is 1.14. The molecule has 1 aromatic rings. The van der Waals surface area contributed by atoms with Crippen molar-refractivity contribution in [3.05, 3.63) is 24.0 Å². The van der Waals surface area contributed by atoms with Gasteiger partial charge in [-0.05, 0) is 26.0 Å². The molecule has 0 saturated carbocycles. The van der Waals surface area contributed by atoms with E-state index in [2.05, 4.69) is 29.0 Å². The Morgan fingerprint density at radius 2 is 2.31 bits per heavy atom. The summed E-state index contributed by atoms with van der Waals surface area (Å²) in [5, 5.41) is 12.1. The SMILES string of the molecule is CC1(C)CNCCN1c1ccc(C#N)nc1. The Balaban J connectivity index is 2.25. The molecule has 0 spiro atoms. The Labute approximate surface area is 95.9 Å². The van der Waals surface area contributed by atoms with Crippen molar-refractivity contribution >= 4 is 5.69 Å². The maximum absolute atomic E-state index is 8.71. The lowest BCUT2D eigenvalue weighted by Gasteiger charge is -2.44. The first-order chi connectivity index (χ1) is 7.63. The summed E-state index contributed by atoms with van der Waals surface area (Å²) in [4.78, 5) is 6.45. The Bertz CT molecular complexity index is 402. The summed E-state index contributed by atoms with van der Waals surface area (Å²) in [6.07, 6.45) is 1.78. The fourth-order valence-corrected chi connectivity index (χ4v) is 2.07. The fraction of sp³-hybridized carbons (Fsp3) is 0.500. The molecular weight excluding hydrogens is 200 g/mol. The molecule has 1 aliphatic heterocycles. The molecule has 84 valence electrons. The number of piperazine rings is 1. The van der Waals surface area contributed by atoms with E-state index in [1.807, 2.05) is 12.1 Å². The summed E-state index contributed by atoms with van der Waals surface area (Å²) in [6.45, 7) is 7.34. The molecule has 0 aliphatic carbocycles. The monoisotopic (exact) mass is 216 g/mol. The molecule has 1 aromatic heterocycles. The largest absolute Gasteiger partial charge is 0.363 e. The number of nitrogens with one attached hydrogen (secondary N) is 1. The number of hydrogen-bond donors (Lipinski definition) is 1. The summed E-state index contributed by atoms with van der Waals surface area (Å²) < 4.78 is 0. The van der Waals surface area contributed by atoms with Crippen molar-refractivity contribution < 1.29 is 0 Å². The molecule has 0 unspecified atom stereocenters. The van der Waals surface area contributed by atoms with Gasteiger partial charge in [0.05, 0.1) is 11.9 Å².